The molecule has 1 saturated heterocycles. The summed E-state index contributed by atoms with van der Waals surface area (Å²) in [5.74, 6) is 0. The van der Waals surface area contributed by atoms with Crippen LogP contribution < -0.4 is 0 Å². The highest BCUT2D eigenvalue weighted by Gasteiger charge is 2.55. The Bertz CT molecular complexity index is 706. The maximum atomic E-state index is 11.9. The summed E-state index contributed by atoms with van der Waals surface area (Å²) in [6, 6.07) is 16.1. The summed E-state index contributed by atoms with van der Waals surface area (Å²) in [5, 5.41) is 12.6. The molecule has 0 saturated carbocycles. The van der Waals surface area contributed by atoms with E-state index in [1.54, 1.807) is 0 Å². The van der Waals surface area contributed by atoms with Crippen LogP contribution in [0.25, 0.3) is 0 Å². The van der Waals surface area contributed by atoms with Crippen LogP contribution in [0.1, 0.15) is 37.0 Å². The van der Waals surface area contributed by atoms with Gasteiger partial charge in [-0.1, -0.05) is 68.3 Å². The van der Waals surface area contributed by atoms with E-state index in [1.165, 1.54) is 5.56 Å². The normalized spacial score (nSPS) is 19.5. The molecule has 0 amide bonds. The number of hydrogen-bond donors (Lipinski definition) is 1. The summed E-state index contributed by atoms with van der Waals surface area (Å²) in [6.07, 6.45) is 2.19. The van der Waals surface area contributed by atoms with Crippen LogP contribution in [-0.2, 0) is 12.0 Å². The first-order valence-corrected chi connectivity index (χ1v) is 9.03. The van der Waals surface area contributed by atoms with Crippen molar-refractivity contribution in [2.24, 2.45) is 5.41 Å². The summed E-state index contributed by atoms with van der Waals surface area (Å²) in [7, 11) is 2.09. The lowest BCUT2D eigenvalue weighted by Gasteiger charge is -2.56. The molecule has 0 aliphatic carbocycles. The van der Waals surface area contributed by atoms with Crippen molar-refractivity contribution < 1.29 is 5.11 Å². The van der Waals surface area contributed by atoms with Crippen molar-refractivity contribution in [2.75, 3.05) is 20.1 Å². The standard InChI is InChI=1S/C21H26ClNO/c1-4-6-16-9-11-17(12-10-16)21(24,20(2)14-23(3)15-20)18-7-5-8-19(22)13-18/h5,7-13,24H,4,6,14-15H2,1-3H3. The van der Waals surface area contributed by atoms with Crippen LogP contribution in [0.15, 0.2) is 48.5 Å². The van der Waals surface area contributed by atoms with E-state index in [-0.39, 0.29) is 5.41 Å². The number of benzene rings is 2. The molecule has 1 heterocycles. The van der Waals surface area contributed by atoms with E-state index in [0.29, 0.717) is 5.02 Å². The molecule has 0 bridgehead atoms. The van der Waals surface area contributed by atoms with Crippen LogP contribution in [0.5, 0.6) is 0 Å². The van der Waals surface area contributed by atoms with Crippen molar-refractivity contribution in [1.29, 1.82) is 0 Å². The van der Waals surface area contributed by atoms with Gasteiger partial charge in [-0.2, -0.15) is 0 Å². The van der Waals surface area contributed by atoms with Crippen LogP contribution >= 0.6 is 11.6 Å². The molecule has 1 aliphatic heterocycles. The fraction of sp³-hybridized carbons (Fsp3) is 0.429. The van der Waals surface area contributed by atoms with Crippen LogP contribution in [0.3, 0.4) is 0 Å². The van der Waals surface area contributed by atoms with Crippen LogP contribution in [0.4, 0.5) is 0 Å². The largest absolute Gasteiger partial charge is 0.380 e. The first kappa shape index (κ1) is 17.5. The number of rotatable bonds is 5. The van der Waals surface area contributed by atoms with Crippen molar-refractivity contribution in [3.63, 3.8) is 0 Å². The Morgan fingerprint density at radius 1 is 1.12 bits per heavy atom. The van der Waals surface area contributed by atoms with Gasteiger partial charge in [0.1, 0.15) is 5.60 Å². The average Bonchev–Trinajstić information content (AvgIpc) is 2.53. The van der Waals surface area contributed by atoms with Crippen molar-refractivity contribution in [3.05, 3.63) is 70.2 Å². The second kappa shape index (κ2) is 6.51. The number of aryl methyl sites for hydroxylation is 1. The van der Waals surface area contributed by atoms with Gasteiger partial charge in [0.25, 0.3) is 0 Å². The molecule has 0 spiro atoms. The molecule has 3 heteroatoms. The molecular weight excluding hydrogens is 318 g/mol. The van der Waals surface area contributed by atoms with E-state index < -0.39 is 5.60 Å². The summed E-state index contributed by atoms with van der Waals surface area (Å²) >= 11 is 6.22. The predicted octanol–water partition coefficient (Wildman–Crippen LogP) is 4.48. The van der Waals surface area contributed by atoms with Crippen LogP contribution in [-0.4, -0.2) is 30.1 Å². The average molecular weight is 344 g/mol. The Morgan fingerprint density at radius 3 is 2.33 bits per heavy atom. The molecule has 1 unspecified atom stereocenters. The molecule has 0 aromatic heterocycles. The zero-order valence-electron chi connectivity index (χ0n) is 14.7. The van der Waals surface area contributed by atoms with Gasteiger partial charge in [-0.25, -0.2) is 0 Å². The molecule has 2 aromatic rings. The highest BCUT2D eigenvalue weighted by atomic mass is 35.5. The molecule has 2 nitrogen and oxygen atoms in total. The fourth-order valence-corrected chi connectivity index (χ4v) is 4.34. The molecule has 128 valence electrons. The Labute approximate surface area is 150 Å². The van der Waals surface area contributed by atoms with Crippen LogP contribution in [0, 0.1) is 5.41 Å². The molecule has 1 atom stereocenters. The van der Waals surface area contributed by atoms with E-state index in [4.69, 9.17) is 11.6 Å². The van der Waals surface area contributed by atoms with E-state index >= 15 is 0 Å². The third-order valence-corrected chi connectivity index (χ3v) is 5.50. The maximum Gasteiger partial charge on any atom is 0.122 e. The van der Waals surface area contributed by atoms with Gasteiger partial charge < -0.3 is 10.0 Å². The van der Waals surface area contributed by atoms with Gasteiger partial charge in [-0.05, 0) is 42.3 Å². The minimum absolute atomic E-state index is 0.237. The zero-order valence-corrected chi connectivity index (χ0v) is 15.5. The van der Waals surface area contributed by atoms with Gasteiger partial charge in [0.2, 0.25) is 0 Å². The highest BCUT2D eigenvalue weighted by molar-refractivity contribution is 6.30. The molecule has 0 radical (unpaired) electrons. The Hall–Kier alpha value is -1.35. The van der Waals surface area contributed by atoms with Gasteiger partial charge in [-0.3, -0.25) is 0 Å². The third kappa shape index (κ3) is 2.88. The minimum Gasteiger partial charge on any atom is -0.380 e. The van der Waals surface area contributed by atoms with Gasteiger partial charge >= 0.3 is 0 Å². The second-order valence-corrected chi connectivity index (χ2v) is 7.84. The highest BCUT2D eigenvalue weighted by Crippen LogP contribution is 2.50. The smallest absolute Gasteiger partial charge is 0.122 e. The van der Waals surface area contributed by atoms with Crippen molar-refractivity contribution in [1.82, 2.24) is 4.90 Å². The van der Waals surface area contributed by atoms with E-state index in [2.05, 4.69) is 50.1 Å². The monoisotopic (exact) mass is 343 g/mol. The summed E-state index contributed by atoms with van der Waals surface area (Å²) in [4.78, 5) is 2.24. The lowest BCUT2D eigenvalue weighted by Crippen LogP contribution is -2.63. The molecule has 1 N–H and O–H groups in total. The SMILES string of the molecule is CCCc1ccc(C(O)(c2cccc(Cl)c2)C2(C)CN(C)C2)cc1. The van der Waals surface area contributed by atoms with Gasteiger partial charge in [0.05, 0.1) is 0 Å². The topological polar surface area (TPSA) is 23.5 Å². The number of nitrogens with zero attached hydrogens (tertiary/aromatic N) is 1. The van der Waals surface area contributed by atoms with E-state index in [1.807, 2.05) is 24.3 Å². The number of hydrogen-bond acceptors (Lipinski definition) is 2. The number of aliphatic hydroxyl groups is 1. The maximum absolute atomic E-state index is 11.9. The molecule has 2 aromatic carbocycles. The number of halogens is 1. The van der Waals surface area contributed by atoms with Crippen LogP contribution in [0.2, 0.25) is 5.02 Å². The molecular formula is C21H26ClNO. The van der Waals surface area contributed by atoms with Crippen molar-refractivity contribution >= 4 is 11.6 Å². The fourth-order valence-electron chi connectivity index (χ4n) is 4.15. The molecule has 3 rings (SSSR count). The summed E-state index contributed by atoms with van der Waals surface area (Å²) in [5.41, 5.74) is 1.84. The lowest BCUT2D eigenvalue weighted by molar-refractivity contribution is -0.127. The molecule has 1 aliphatic rings. The van der Waals surface area contributed by atoms with Gasteiger partial charge in [0.15, 0.2) is 0 Å². The third-order valence-electron chi connectivity index (χ3n) is 5.26. The quantitative estimate of drug-likeness (QED) is 0.865. The number of likely N-dealkylation sites (tertiary alicyclic amines) is 1. The van der Waals surface area contributed by atoms with Gasteiger partial charge in [0, 0.05) is 23.5 Å². The van der Waals surface area contributed by atoms with Crippen molar-refractivity contribution in [3.8, 4) is 0 Å². The van der Waals surface area contributed by atoms with E-state index in [0.717, 1.165) is 37.1 Å². The molecule has 24 heavy (non-hydrogen) atoms. The van der Waals surface area contributed by atoms with Crippen molar-refractivity contribution in [2.45, 2.75) is 32.3 Å². The summed E-state index contributed by atoms with van der Waals surface area (Å²) in [6.45, 7) is 6.05. The Kier molecular flexibility index (Phi) is 4.74. The zero-order chi connectivity index (χ0) is 17.4. The Balaban J connectivity index is 2.08. The minimum atomic E-state index is -1.05. The van der Waals surface area contributed by atoms with Gasteiger partial charge in [-0.15, -0.1) is 0 Å². The summed E-state index contributed by atoms with van der Waals surface area (Å²) < 4.78 is 0. The predicted molar refractivity (Wildman–Crippen MR) is 100 cm³/mol. The lowest BCUT2D eigenvalue weighted by atomic mass is 9.62. The first-order chi connectivity index (χ1) is 11.4. The second-order valence-electron chi connectivity index (χ2n) is 7.40. The van der Waals surface area contributed by atoms with E-state index in [9.17, 15) is 5.11 Å². The first-order valence-electron chi connectivity index (χ1n) is 8.65. The molecule has 1 fully saturated rings. The Morgan fingerprint density at radius 2 is 1.79 bits per heavy atom.